The van der Waals surface area contributed by atoms with E-state index in [0.717, 1.165) is 38.5 Å². The Morgan fingerprint density at radius 2 is 0.432 bits per heavy atom. The van der Waals surface area contributed by atoms with Gasteiger partial charge in [-0.15, -0.1) is 0 Å². The molecule has 0 aliphatic rings. The van der Waals surface area contributed by atoms with Gasteiger partial charge in [0.15, 0.2) is 0 Å². The zero-order valence-electron chi connectivity index (χ0n) is 65.5. The number of hydrogen-bond acceptors (Lipinski definition) is 5. The first-order valence-corrected chi connectivity index (χ1v) is 44.8. The third-order valence-corrected chi connectivity index (χ3v) is 21.7. The second kappa shape index (κ2) is 85.3. The minimum absolute atomic E-state index is 0.0225. The lowest BCUT2D eigenvalue weighted by atomic mass is 10.0. The summed E-state index contributed by atoms with van der Waals surface area (Å²) < 4.78 is 5.53. The summed E-state index contributed by atoms with van der Waals surface area (Å²) in [5, 5.41) is 23.5. The lowest BCUT2D eigenvalue weighted by Crippen LogP contribution is -2.45. The maximum absolute atomic E-state index is 12.6. The molecule has 95 heavy (non-hydrogen) atoms. The SMILES string of the molecule is CCCCCCCCCCCCCCCCCCCCCCCCCCC(O)C(CO)NC(=O)CCCCCCCCCCCCCCCCCCCCCCCCCCCCCCCCCCCCCOC(=O)CCCCCCCCCCCCCCCCCCCCC. The monoisotopic (exact) mass is 1340 g/mol. The maximum atomic E-state index is 12.6. The molecule has 2 unspecified atom stereocenters. The molecular weight excluding hydrogens is 1160 g/mol. The average Bonchev–Trinajstić information content (AvgIpc) is 3.79. The van der Waals surface area contributed by atoms with Crippen molar-refractivity contribution < 1.29 is 24.5 Å². The number of aliphatic hydroxyl groups excluding tert-OH is 2. The minimum Gasteiger partial charge on any atom is -0.466 e. The molecule has 0 aliphatic carbocycles. The number of hydrogen-bond donors (Lipinski definition) is 3. The van der Waals surface area contributed by atoms with E-state index in [1.807, 2.05) is 0 Å². The summed E-state index contributed by atoms with van der Waals surface area (Å²) in [6, 6.07) is -0.538. The van der Waals surface area contributed by atoms with Crippen molar-refractivity contribution in [2.45, 2.75) is 546 Å². The number of esters is 1. The molecule has 0 aromatic carbocycles. The van der Waals surface area contributed by atoms with Crippen molar-refractivity contribution in [3.8, 4) is 0 Å². The van der Waals surface area contributed by atoms with Crippen LogP contribution >= 0.6 is 0 Å². The highest BCUT2D eigenvalue weighted by Crippen LogP contribution is 2.22. The number of ether oxygens (including phenoxy) is 1. The molecule has 0 aliphatic heterocycles. The lowest BCUT2D eigenvalue weighted by molar-refractivity contribution is -0.143. The van der Waals surface area contributed by atoms with E-state index in [1.54, 1.807) is 0 Å². The van der Waals surface area contributed by atoms with Gasteiger partial charge in [-0.2, -0.15) is 0 Å². The molecule has 0 fully saturated rings. The molecular formula is C89H177NO5. The van der Waals surface area contributed by atoms with E-state index in [4.69, 9.17) is 4.74 Å². The van der Waals surface area contributed by atoms with Crippen molar-refractivity contribution in [1.29, 1.82) is 0 Å². The van der Waals surface area contributed by atoms with Crippen molar-refractivity contribution in [3.63, 3.8) is 0 Å². The van der Waals surface area contributed by atoms with E-state index >= 15 is 0 Å². The predicted molar refractivity (Wildman–Crippen MR) is 421 cm³/mol. The molecule has 568 valence electrons. The van der Waals surface area contributed by atoms with Gasteiger partial charge >= 0.3 is 5.97 Å². The Labute approximate surface area is 597 Å². The summed E-state index contributed by atoms with van der Waals surface area (Å²) >= 11 is 0. The summed E-state index contributed by atoms with van der Waals surface area (Å²) in [6.07, 6.45) is 108. The molecule has 6 nitrogen and oxygen atoms in total. The van der Waals surface area contributed by atoms with E-state index < -0.39 is 12.1 Å². The fraction of sp³-hybridized carbons (Fsp3) is 0.978. The number of carbonyl (C=O) groups excluding carboxylic acids is 2. The van der Waals surface area contributed by atoms with Crippen molar-refractivity contribution in [2.24, 2.45) is 0 Å². The van der Waals surface area contributed by atoms with Gasteiger partial charge in [-0.3, -0.25) is 9.59 Å². The summed E-state index contributed by atoms with van der Waals surface area (Å²) in [6.45, 7) is 5.04. The summed E-state index contributed by atoms with van der Waals surface area (Å²) in [4.78, 5) is 24.7. The Kier molecular flexibility index (Phi) is 84.2. The third kappa shape index (κ3) is 81.7. The fourth-order valence-corrected chi connectivity index (χ4v) is 14.9. The van der Waals surface area contributed by atoms with Gasteiger partial charge in [-0.25, -0.2) is 0 Å². The zero-order valence-corrected chi connectivity index (χ0v) is 65.5. The minimum atomic E-state index is -0.661. The Bertz CT molecular complexity index is 1410. The summed E-state index contributed by atoms with van der Waals surface area (Å²) in [5.41, 5.74) is 0. The number of nitrogens with one attached hydrogen (secondary N) is 1. The van der Waals surface area contributed by atoms with Gasteiger partial charge in [0, 0.05) is 12.8 Å². The molecule has 0 bridgehead atoms. The first-order chi connectivity index (χ1) is 47.0. The average molecular weight is 1340 g/mol. The van der Waals surface area contributed by atoms with Crippen LogP contribution in [0.2, 0.25) is 0 Å². The van der Waals surface area contributed by atoms with Crippen LogP contribution in [0.25, 0.3) is 0 Å². The second-order valence-electron chi connectivity index (χ2n) is 31.3. The largest absolute Gasteiger partial charge is 0.466 e. The predicted octanol–water partition coefficient (Wildman–Crippen LogP) is 30.0. The number of rotatable bonds is 86. The third-order valence-electron chi connectivity index (χ3n) is 21.7. The second-order valence-corrected chi connectivity index (χ2v) is 31.3. The van der Waals surface area contributed by atoms with Gasteiger partial charge in [-0.1, -0.05) is 495 Å². The Balaban J connectivity index is 3.30. The van der Waals surface area contributed by atoms with Crippen molar-refractivity contribution in [2.75, 3.05) is 13.2 Å². The summed E-state index contributed by atoms with van der Waals surface area (Å²) in [5.74, 6) is 0.00684. The molecule has 0 aromatic rings. The Morgan fingerprint density at radius 3 is 0.642 bits per heavy atom. The van der Waals surface area contributed by atoms with Crippen LogP contribution in [0.1, 0.15) is 534 Å². The number of amides is 1. The van der Waals surface area contributed by atoms with Crippen LogP contribution in [0.5, 0.6) is 0 Å². The van der Waals surface area contributed by atoms with E-state index in [0.29, 0.717) is 25.9 Å². The standard InChI is InChI=1S/C89H177NO5/c1-3-5-7-9-11-13-15-17-19-21-23-24-25-39-42-46-49-53-57-61-65-69-73-77-81-87(92)86(85-91)90-88(93)82-78-74-70-66-62-58-54-50-47-43-40-37-35-33-31-29-27-26-28-30-32-34-36-38-41-44-48-52-56-60-64-68-72-76-80-84-95-89(94)83-79-75-71-67-63-59-55-51-45-22-20-18-16-14-12-10-8-6-4-2/h86-87,91-92H,3-85H2,1-2H3,(H,90,93). The molecule has 0 saturated heterocycles. The highest BCUT2D eigenvalue weighted by atomic mass is 16.5. The van der Waals surface area contributed by atoms with Crippen molar-refractivity contribution in [3.05, 3.63) is 0 Å². The molecule has 0 heterocycles. The topological polar surface area (TPSA) is 95.9 Å². The maximum Gasteiger partial charge on any atom is 0.305 e. The van der Waals surface area contributed by atoms with Gasteiger partial charge < -0.3 is 20.3 Å². The smallest absolute Gasteiger partial charge is 0.305 e. The van der Waals surface area contributed by atoms with Crippen LogP contribution in [0.15, 0.2) is 0 Å². The Hall–Kier alpha value is -1.14. The zero-order chi connectivity index (χ0) is 68.4. The normalized spacial score (nSPS) is 12.3. The van der Waals surface area contributed by atoms with E-state index in [2.05, 4.69) is 19.2 Å². The first kappa shape index (κ1) is 93.9. The molecule has 0 rings (SSSR count). The molecule has 1 amide bonds. The van der Waals surface area contributed by atoms with Crippen LogP contribution in [-0.2, 0) is 14.3 Å². The van der Waals surface area contributed by atoms with Gasteiger partial charge in [0.05, 0.1) is 25.4 Å². The van der Waals surface area contributed by atoms with Crippen molar-refractivity contribution in [1.82, 2.24) is 5.32 Å². The van der Waals surface area contributed by atoms with Crippen LogP contribution in [0.4, 0.5) is 0 Å². The molecule has 3 N–H and O–H groups in total. The Morgan fingerprint density at radius 1 is 0.253 bits per heavy atom. The van der Waals surface area contributed by atoms with E-state index in [1.165, 1.54) is 462 Å². The van der Waals surface area contributed by atoms with Gasteiger partial charge in [0.2, 0.25) is 5.91 Å². The highest BCUT2D eigenvalue weighted by Gasteiger charge is 2.20. The molecule has 0 radical (unpaired) electrons. The quantitative estimate of drug-likeness (QED) is 0.0417. The van der Waals surface area contributed by atoms with E-state index in [-0.39, 0.29) is 18.5 Å². The first-order valence-electron chi connectivity index (χ1n) is 44.8. The molecule has 0 saturated carbocycles. The lowest BCUT2D eigenvalue weighted by Gasteiger charge is -2.22. The van der Waals surface area contributed by atoms with Crippen LogP contribution in [0, 0.1) is 0 Å². The fourth-order valence-electron chi connectivity index (χ4n) is 14.9. The van der Waals surface area contributed by atoms with Gasteiger partial charge in [-0.05, 0) is 25.7 Å². The molecule has 0 spiro atoms. The van der Waals surface area contributed by atoms with E-state index in [9.17, 15) is 19.8 Å². The van der Waals surface area contributed by atoms with Gasteiger partial charge in [0.25, 0.3) is 0 Å². The van der Waals surface area contributed by atoms with Gasteiger partial charge in [0.1, 0.15) is 0 Å². The molecule has 0 aromatic heterocycles. The number of unbranched alkanes of at least 4 members (excludes halogenated alkanes) is 75. The molecule has 6 heteroatoms. The van der Waals surface area contributed by atoms with Crippen molar-refractivity contribution >= 4 is 11.9 Å². The number of carbonyl (C=O) groups is 2. The molecule has 2 atom stereocenters. The van der Waals surface area contributed by atoms with Crippen LogP contribution in [0.3, 0.4) is 0 Å². The van der Waals surface area contributed by atoms with Crippen LogP contribution < -0.4 is 5.32 Å². The van der Waals surface area contributed by atoms with Crippen LogP contribution in [-0.4, -0.2) is 47.4 Å². The summed E-state index contributed by atoms with van der Waals surface area (Å²) in [7, 11) is 0. The highest BCUT2D eigenvalue weighted by molar-refractivity contribution is 5.76. The number of aliphatic hydroxyl groups is 2.